The number of halogens is 1. The van der Waals surface area contributed by atoms with Crippen molar-refractivity contribution in [2.24, 2.45) is 0 Å². The first-order valence-electron chi connectivity index (χ1n) is 9.07. The summed E-state index contributed by atoms with van der Waals surface area (Å²) in [6, 6.07) is 11.9. The third-order valence-electron chi connectivity index (χ3n) is 4.03. The third kappa shape index (κ3) is 4.70. The first-order chi connectivity index (χ1) is 13.5. The van der Waals surface area contributed by atoms with Crippen LogP contribution >= 0.6 is 0 Å². The van der Waals surface area contributed by atoms with Gasteiger partial charge in [0, 0.05) is 17.7 Å². The van der Waals surface area contributed by atoms with Gasteiger partial charge in [-0.25, -0.2) is 9.49 Å². The van der Waals surface area contributed by atoms with E-state index < -0.39 is 5.82 Å². The summed E-state index contributed by atoms with van der Waals surface area (Å²) in [5, 5.41) is 13.5. The number of anilines is 1. The second-order valence-corrected chi connectivity index (χ2v) is 6.60. The number of hydrogen-bond acceptors (Lipinski definition) is 5. The van der Waals surface area contributed by atoms with Crippen LogP contribution in [0, 0.1) is 5.82 Å². The fourth-order valence-corrected chi connectivity index (χ4v) is 2.83. The number of H-pyrrole nitrogens is 1. The Morgan fingerprint density at radius 3 is 2.75 bits per heavy atom. The summed E-state index contributed by atoms with van der Waals surface area (Å²) in [6.45, 7) is 5.96. The molecule has 1 N–H and O–H groups in total. The first kappa shape index (κ1) is 19.5. The van der Waals surface area contributed by atoms with E-state index in [-0.39, 0.29) is 18.4 Å². The minimum absolute atomic E-state index is 0.0462. The summed E-state index contributed by atoms with van der Waals surface area (Å²) in [6.07, 6.45) is 0.336. The molecule has 1 aromatic heterocycles. The molecular weight excluding hydrogens is 361 g/mol. The topological polar surface area (TPSA) is 84.0 Å². The Kier molecular flexibility index (Phi) is 5.98. The van der Waals surface area contributed by atoms with Gasteiger partial charge in [-0.3, -0.25) is 4.79 Å². The van der Waals surface area contributed by atoms with Gasteiger partial charge in [-0.1, -0.05) is 19.1 Å². The molecule has 0 aliphatic heterocycles. The van der Waals surface area contributed by atoms with Crippen molar-refractivity contribution in [3.8, 4) is 17.1 Å². The van der Waals surface area contributed by atoms with Crippen LogP contribution in [0.1, 0.15) is 32.8 Å². The fourth-order valence-electron chi connectivity index (χ4n) is 2.83. The van der Waals surface area contributed by atoms with E-state index >= 15 is 0 Å². The monoisotopic (exact) mass is 383 g/mol. The Morgan fingerprint density at radius 2 is 2.07 bits per heavy atom. The van der Waals surface area contributed by atoms with Gasteiger partial charge in [0.25, 0.3) is 0 Å². The van der Waals surface area contributed by atoms with E-state index in [0.717, 1.165) is 11.3 Å². The Hall–Kier alpha value is -3.29. The number of ether oxygens (including phenoxy) is 1. The van der Waals surface area contributed by atoms with Crippen LogP contribution in [0.15, 0.2) is 42.5 Å². The average Bonchev–Trinajstić information content (AvgIpc) is 3.19. The second-order valence-electron chi connectivity index (χ2n) is 6.60. The van der Waals surface area contributed by atoms with E-state index in [1.165, 1.54) is 12.1 Å². The molecule has 2 aromatic carbocycles. The zero-order chi connectivity index (χ0) is 20.1. The minimum Gasteiger partial charge on any atom is -0.491 e. The molecule has 3 rings (SSSR count). The molecule has 1 heterocycles. The molecular formula is C20H22FN5O2. The molecule has 1 amide bonds. The minimum atomic E-state index is -0.477. The molecule has 0 atom stereocenters. The summed E-state index contributed by atoms with van der Waals surface area (Å²) in [5.74, 6) is 0.457. The zero-order valence-electron chi connectivity index (χ0n) is 16.0. The molecule has 0 saturated carbocycles. The number of benzene rings is 2. The van der Waals surface area contributed by atoms with Crippen LogP contribution < -0.4 is 9.64 Å². The second kappa shape index (κ2) is 8.60. The quantitative estimate of drug-likeness (QED) is 0.672. The molecule has 3 aromatic rings. The average molecular weight is 383 g/mol. The molecule has 8 heteroatoms. The standard InChI is InChI=1S/C20H22FN5O2/c1-4-19(27)26(12-14-6-5-7-18(8-14)28-13(2)3)17-10-15(9-16(21)11-17)20-22-24-25-23-20/h5-11,13H,4,12H2,1-3H3,(H,22,23,24,25). The summed E-state index contributed by atoms with van der Waals surface area (Å²) in [5.41, 5.74) is 1.78. The maximum Gasteiger partial charge on any atom is 0.227 e. The summed E-state index contributed by atoms with van der Waals surface area (Å²) in [4.78, 5) is 14.2. The van der Waals surface area contributed by atoms with Gasteiger partial charge in [-0.15, -0.1) is 5.10 Å². The van der Waals surface area contributed by atoms with Gasteiger partial charge in [-0.2, -0.15) is 0 Å². The number of aromatic nitrogens is 4. The number of carbonyl (C=O) groups is 1. The van der Waals surface area contributed by atoms with Crippen LogP contribution in [-0.2, 0) is 11.3 Å². The number of tetrazole rings is 1. The van der Waals surface area contributed by atoms with Crippen LogP contribution in [0.5, 0.6) is 5.75 Å². The highest BCUT2D eigenvalue weighted by Crippen LogP contribution is 2.26. The number of aromatic amines is 1. The van der Waals surface area contributed by atoms with Crippen LogP contribution in [0.4, 0.5) is 10.1 Å². The van der Waals surface area contributed by atoms with Crippen LogP contribution in [0.3, 0.4) is 0 Å². The fraction of sp³-hybridized carbons (Fsp3) is 0.300. The van der Waals surface area contributed by atoms with Gasteiger partial charge < -0.3 is 9.64 Å². The molecule has 28 heavy (non-hydrogen) atoms. The smallest absolute Gasteiger partial charge is 0.227 e. The highest BCUT2D eigenvalue weighted by atomic mass is 19.1. The van der Waals surface area contributed by atoms with Crippen LogP contribution in [0.25, 0.3) is 11.4 Å². The van der Waals surface area contributed by atoms with E-state index in [1.807, 2.05) is 38.1 Å². The van der Waals surface area contributed by atoms with Gasteiger partial charge in [0.2, 0.25) is 5.91 Å². The SMILES string of the molecule is CCC(=O)N(Cc1cccc(OC(C)C)c1)c1cc(F)cc(-c2nnn[nH]2)c1. The Labute approximate surface area is 162 Å². The number of rotatable bonds is 7. The van der Waals surface area contributed by atoms with Crippen molar-refractivity contribution in [2.75, 3.05) is 4.90 Å². The molecule has 0 unspecified atom stereocenters. The van der Waals surface area contributed by atoms with E-state index in [0.29, 0.717) is 23.6 Å². The molecule has 0 fully saturated rings. The molecule has 146 valence electrons. The van der Waals surface area contributed by atoms with E-state index in [4.69, 9.17) is 4.74 Å². The van der Waals surface area contributed by atoms with Crippen LogP contribution in [0.2, 0.25) is 0 Å². The number of amides is 1. The first-order valence-corrected chi connectivity index (χ1v) is 9.07. The molecule has 7 nitrogen and oxygen atoms in total. The van der Waals surface area contributed by atoms with E-state index in [2.05, 4.69) is 20.6 Å². The molecule has 0 aliphatic rings. The maximum absolute atomic E-state index is 14.3. The summed E-state index contributed by atoms with van der Waals surface area (Å²) in [7, 11) is 0. The third-order valence-corrected chi connectivity index (χ3v) is 4.03. The van der Waals surface area contributed by atoms with Crippen molar-refractivity contribution in [3.05, 3.63) is 53.8 Å². The lowest BCUT2D eigenvalue weighted by atomic mass is 10.1. The van der Waals surface area contributed by atoms with Gasteiger partial charge in [0.1, 0.15) is 11.6 Å². The number of nitrogens with zero attached hydrogens (tertiary/aromatic N) is 4. The normalized spacial score (nSPS) is 10.9. The zero-order valence-corrected chi connectivity index (χ0v) is 16.0. The Bertz CT molecular complexity index is 944. The van der Waals surface area contributed by atoms with Crippen molar-refractivity contribution in [3.63, 3.8) is 0 Å². The lowest BCUT2D eigenvalue weighted by Crippen LogP contribution is -2.29. The van der Waals surface area contributed by atoms with Gasteiger partial charge in [-0.05, 0) is 60.2 Å². The van der Waals surface area contributed by atoms with Gasteiger partial charge in [0.15, 0.2) is 5.82 Å². The molecule has 0 saturated heterocycles. The van der Waals surface area contributed by atoms with Gasteiger partial charge in [0.05, 0.1) is 12.6 Å². The van der Waals surface area contributed by atoms with Crippen molar-refractivity contribution >= 4 is 11.6 Å². The predicted molar refractivity (Wildman–Crippen MR) is 103 cm³/mol. The Balaban J connectivity index is 1.94. The molecule has 0 aliphatic carbocycles. The van der Waals surface area contributed by atoms with E-state index in [9.17, 15) is 9.18 Å². The maximum atomic E-state index is 14.3. The highest BCUT2D eigenvalue weighted by Gasteiger charge is 2.18. The molecule has 0 spiro atoms. The molecule has 0 radical (unpaired) electrons. The van der Waals surface area contributed by atoms with E-state index in [1.54, 1.807) is 17.9 Å². The van der Waals surface area contributed by atoms with Crippen molar-refractivity contribution < 1.29 is 13.9 Å². The number of carbonyl (C=O) groups excluding carboxylic acids is 1. The summed E-state index contributed by atoms with van der Waals surface area (Å²) >= 11 is 0. The summed E-state index contributed by atoms with van der Waals surface area (Å²) < 4.78 is 20.0. The lowest BCUT2D eigenvalue weighted by Gasteiger charge is -2.23. The van der Waals surface area contributed by atoms with Crippen molar-refractivity contribution in [1.82, 2.24) is 20.6 Å². The van der Waals surface area contributed by atoms with Gasteiger partial charge >= 0.3 is 0 Å². The number of hydrogen-bond donors (Lipinski definition) is 1. The van der Waals surface area contributed by atoms with Crippen molar-refractivity contribution in [2.45, 2.75) is 39.8 Å². The molecule has 0 bridgehead atoms. The largest absolute Gasteiger partial charge is 0.491 e. The van der Waals surface area contributed by atoms with Crippen molar-refractivity contribution in [1.29, 1.82) is 0 Å². The lowest BCUT2D eigenvalue weighted by molar-refractivity contribution is -0.118. The predicted octanol–water partition coefficient (Wildman–Crippen LogP) is 3.74. The van der Waals surface area contributed by atoms with Crippen LogP contribution in [-0.4, -0.2) is 32.6 Å². The number of nitrogens with one attached hydrogen (secondary N) is 1. The highest BCUT2D eigenvalue weighted by molar-refractivity contribution is 5.93. The Morgan fingerprint density at radius 1 is 1.25 bits per heavy atom.